The largest absolute Gasteiger partial charge is 0.377 e. The highest BCUT2D eigenvalue weighted by Crippen LogP contribution is 2.13. The molecular weight excluding hydrogens is 256 g/mol. The fourth-order valence-electron chi connectivity index (χ4n) is 1.55. The van der Waals surface area contributed by atoms with Gasteiger partial charge in [0.1, 0.15) is 4.70 Å². The molecule has 6 heteroatoms. The van der Waals surface area contributed by atoms with Crippen molar-refractivity contribution in [2.75, 3.05) is 6.61 Å². The number of aromatic amines is 1. The van der Waals surface area contributed by atoms with E-state index in [9.17, 15) is 4.79 Å². The molecule has 0 unspecified atom stereocenters. The second kappa shape index (κ2) is 5.12. The third kappa shape index (κ3) is 2.65. The SMILES string of the molecule is CC(C)OCCn1c(=S)[nH]c2ccsc2c1=O. The maximum absolute atomic E-state index is 12.1. The van der Waals surface area contributed by atoms with E-state index in [1.165, 1.54) is 11.3 Å². The Kier molecular flexibility index (Phi) is 3.76. The summed E-state index contributed by atoms with van der Waals surface area (Å²) < 4.78 is 8.15. The standard InChI is InChI=1S/C11H14N2O2S2/c1-7(2)15-5-4-13-10(14)9-8(3-6-17-9)12-11(13)16/h3,6-7H,4-5H2,1-2H3,(H,12,16). The van der Waals surface area contributed by atoms with Gasteiger partial charge in [-0.2, -0.15) is 0 Å². The molecule has 0 aromatic carbocycles. The normalized spacial score (nSPS) is 11.5. The zero-order valence-electron chi connectivity index (χ0n) is 9.73. The minimum atomic E-state index is -0.0360. The van der Waals surface area contributed by atoms with Crippen LogP contribution in [-0.2, 0) is 11.3 Å². The zero-order chi connectivity index (χ0) is 12.4. The molecule has 0 radical (unpaired) electrons. The van der Waals surface area contributed by atoms with Crippen molar-refractivity contribution in [3.63, 3.8) is 0 Å². The number of hydrogen-bond donors (Lipinski definition) is 1. The molecule has 0 amide bonds. The van der Waals surface area contributed by atoms with Gasteiger partial charge in [0.2, 0.25) is 0 Å². The molecule has 0 saturated heterocycles. The third-order valence-electron chi connectivity index (χ3n) is 2.36. The molecule has 0 saturated carbocycles. The molecule has 0 fully saturated rings. The number of ether oxygens (including phenoxy) is 1. The van der Waals surface area contributed by atoms with Gasteiger partial charge in [-0.15, -0.1) is 11.3 Å². The summed E-state index contributed by atoms with van der Waals surface area (Å²) in [6.07, 6.45) is 0.161. The lowest BCUT2D eigenvalue weighted by atomic mass is 10.4. The minimum absolute atomic E-state index is 0.0360. The summed E-state index contributed by atoms with van der Waals surface area (Å²) in [5.74, 6) is 0. The lowest BCUT2D eigenvalue weighted by Crippen LogP contribution is -2.24. The number of fused-ring (bicyclic) bond motifs is 1. The van der Waals surface area contributed by atoms with Gasteiger partial charge in [-0.05, 0) is 37.5 Å². The Balaban J connectivity index is 2.33. The highest BCUT2D eigenvalue weighted by atomic mass is 32.1. The van der Waals surface area contributed by atoms with E-state index in [0.29, 0.717) is 22.6 Å². The second-order valence-corrected chi connectivity index (χ2v) is 5.27. The van der Waals surface area contributed by atoms with Crippen molar-refractivity contribution in [1.82, 2.24) is 9.55 Å². The van der Waals surface area contributed by atoms with E-state index in [0.717, 1.165) is 5.52 Å². The topological polar surface area (TPSA) is 47.0 Å². The Hall–Kier alpha value is -0.980. The molecule has 2 aromatic rings. The smallest absolute Gasteiger partial charge is 0.272 e. The fraction of sp³-hybridized carbons (Fsp3) is 0.455. The fourth-order valence-corrected chi connectivity index (χ4v) is 2.64. The summed E-state index contributed by atoms with van der Waals surface area (Å²) in [7, 11) is 0. The van der Waals surface area contributed by atoms with Crippen LogP contribution in [0.5, 0.6) is 0 Å². The van der Waals surface area contributed by atoms with E-state index in [1.807, 2.05) is 25.3 Å². The van der Waals surface area contributed by atoms with Crippen LogP contribution in [0.4, 0.5) is 0 Å². The van der Waals surface area contributed by atoms with Crippen LogP contribution in [0.2, 0.25) is 0 Å². The summed E-state index contributed by atoms with van der Waals surface area (Å²) in [5, 5.41) is 1.88. The first-order chi connectivity index (χ1) is 8.09. The predicted octanol–water partition coefficient (Wildman–Crippen LogP) is 2.55. The van der Waals surface area contributed by atoms with Crippen LogP contribution in [0.25, 0.3) is 10.2 Å². The molecule has 0 aliphatic carbocycles. The Morgan fingerprint density at radius 3 is 3.06 bits per heavy atom. The van der Waals surface area contributed by atoms with Crippen LogP contribution in [0, 0.1) is 4.77 Å². The van der Waals surface area contributed by atoms with E-state index >= 15 is 0 Å². The number of nitrogens with one attached hydrogen (secondary N) is 1. The molecule has 0 atom stereocenters. The maximum atomic E-state index is 12.1. The Labute approximate surface area is 108 Å². The zero-order valence-corrected chi connectivity index (χ0v) is 11.4. The van der Waals surface area contributed by atoms with Crippen LogP contribution in [0.15, 0.2) is 16.2 Å². The third-order valence-corrected chi connectivity index (χ3v) is 3.58. The summed E-state index contributed by atoms with van der Waals surface area (Å²) >= 11 is 6.59. The van der Waals surface area contributed by atoms with Crippen LogP contribution in [0.1, 0.15) is 13.8 Å². The van der Waals surface area contributed by atoms with Crippen LogP contribution in [0.3, 0.4) is 0 Å². The van der Waals surface area contributed by atoms with Crippen molar-refractivity contribution in [3.8, 4) is 0 Å². The average Bonchev–Trinajstić information content (AvgIpc) is 2.70. The van der Waals surface area contributed by atoms with Crippen LogP contribution < -0.4 is 5.56 Å². The van der Waals surface area contributed by atoms with Crippen molar-refractivity contribution in [2.45, 2.75) is 26.5 Å². The van der Waals surface area contributed by atoms with E-state index in [1.54, 1.807) is 4.57 Å². The van der Waals surface area contributed by atoms with Crippen molar-refractivity contribution in [2.24, 2.45) is 0 Å². The molecule has 0 aliphatic rings. The highest BCUT2D eigenvalue weighted by molar-refractivity contribution is 7.71. The van der Waals surface area contributed by atoms with Gasteiger partial charge in [0.15, 0.2) is 4.77 Å². The number of hydrogen-bond acceptors (Lipinski definition) is 4. The number of thiophene rings is 1. The van der Waals surface area contributed by atoms with Gasteiger partial charge in [-0.3, -0.25) is 9.36 Å². The summed E-state index contributed by atoms with van der Waals surface area (Å²) in [5.41, 5.74) is 0.775. The van der Waals surface area contributed by atoms with Crippen LogP contribution >= 0.6 is 23.6 Å². The van der Waals surface area contributed by atoms with Gasteiger partial charge >= 0.3 is 0 Å². The molecule has 2 heterocycles. The molecule has 2 aromatic heterocycles. The van der Waals surface area contributed by atoms with Crippen molar-refractivity contribution in [3.05, 3.63) is 26.6 Å². The van der Waals surface area contributed by atoms with Gasteiger partial charge in [0, 0.05) is 0 Å². The molecule has 0 spiro atoms. The molecule has 17 heavy (non-hydrogen) atoms. The summed E-state index contributed by atoms with van der Waals surface area (Å²) in [6, 6.07) is 1.87. The summed E-state index contributed by atoms with van der Waals surface area (Å²) in [4.78, 5) is 15.2. The number of aromatic nitrogens is 2. The minimum Gasteiger partial charge on any atom is -0.377 e. The van der Waals surface area contributed by atoms with Gasteiger partial charge < -0.3 is 9.72 Å². The van der Waals surface area contributed by atoms with Crippen LogP contribution in [-0.4, -0.2) is 22.3 Å². The maximum Gasteiger partial charge on any atom is 0.272 e. The molecule has 0 bridgehead atoms. The number of nitrogens with zero attached hydrogens (tertiary/aromatic N) is 1. The van der Waals surface area contributed by atoms with E-state index in [2.05, 4.69) is 4.98 Å². The Morgan fingerprint density at radius 1 is 1.59 bits per heavy atom. The van der Waals surface area contributed by atoms with Crippen molar-refractivity contribution >= 4 is 33.8 Å². The van der Waals surface area contributed by atoms with Gasteiger partial charge in [-0.25, -0.2) is 0 Å². The van der Waals surface area contributed by atoms with Gasteiger partial charge in [0.25, 0.3) is 5.56 Å². The van der Waals surface area contributed by atoms with Gasteiger partial charge in [0.05, 0.1) is 24.8 Å². The monoisotopic (exact) mass is 270 g/mol. The lowest BCUT2D eigenvalue weighted by molar-refractivity contribution is 0.0720. The first-order valence-corrected chi connectivity index (χ1v) is 6.70. The molecule has 2 rings (SSSR count). The Bertz CT molecular complexity index is 624. The second-order valence-electron chi connectivity index (χ2n) is 3.97. The molecule has 0 aliphatic heterocycles. The quantitative estimate of drug-likeness (QED) is 0.869. The molecule has 92 valence electrons. The average molecular weight is 270 g/mol. The predicted molar refractivity (Wildman–Crippen MR) is 72.4 cm³/mol. The van der Waals surface area contributed by atoms with E-state index < -0.39 is 0 Å². The first kappa shape index (κ1) is 12.5. The molecule has 1 N–H and O–H groups in total. The first-order valence-electron chi connectivity index (χ1n) is 5.41. The molecule has 4 nitrogen and oxygen atoms in total. The number of H-pyrrole nitrogens is 1. The van der Waals surface area contributed by atoms with Gasteiger partial charge in [-0.1, -0.05) is 0 Å². The Morgan fingerprint density at radius 2 is 2.35 bits per heavy atom. The highest BCUT2D eigenvalue weighted by Gasteiger charge is 2.06. The van der Waals surface area contributed by atoms with Crippen molar-refractivity contribution in [1.29, 1.82) is 0 Å². The summed E-state index contributed by atoms with van der Waals surface area (Å²) in [6.45, 7) is 4.91. The van der Waals surface area contributed by atoms with E-state index in [-0.39, 0.29) is 11.7 Å². The van der Waals surface area contributed by atoms with Crippen molar-refractivity contribution < 1.29 is 4.74 Å². The van der Waals surface area contributed by atoms with E-state index in [4.69, 9.17) is 17.0 Å². The molecular formula is C11H14N2O2S2. The lowest BCUT2D eigenvalue weighted by Gasteiger charge is -2.09. The number of rotatable bonds is 4.